The summed E-state index contributed by atoms with van der Waals surface area (Å²) >= 11 is 0. The SMILES string of the molecule is CC(C)(C)C(=O)N1CCc2cc(NS(=O)(=O)c3ccc(-c4ccccc4)cc3)ccc21. The van der Waals surface area contributed by atoms with Gasteiger partial charge in [0.1, 0.15) is 0 Å². The predicted molar refractivity (Wildman–Crippen MR) is 125 cm³/mol. The van der Waals surface area contributed by atoms with Crippen LogP contribution in [-0.4, -0.2) is 20.9 Å². The molecule has 3 aromatic carbocycles. The number of anilines is 2. The largest absolute Gasteiger partial charge is 0.311 e. The fourth-order valence-corrected chi connectivity index (χ4v) is 4.80. The molecular formula is C25H26N2O3S. The summed E-state index contributed by atoms with van der Waals surface area (Å²) in [7, 11) is -3.71. The molecule has 31 heavy (non-hydrogen) atoms. The zero-order valence-electron chi connectivity index (χ0n) is 17.9. The van der Waals surface area contributed by atoms with Crippen molar-refractivity contribution < 1.29 is 13.2 Å². The minimum Gasteiger partial charge on any atom is -0.311 e. The van der Waals surface area contributed by atoms with Crippen molar-refractivity contribution in [1.29, 1.82) is 0 Å². The van der Waals surface area contributed by atoms with Gasteiger partial charge in [0, 0.05) is 23.3 Å². The molecule has 1 N–H and O–H groups in total. The van der Waals surface area contributed by atoms with Gasteiger partial charge in [-0.15, -0.1) is 0 Å². The highest BCUT2D eigenvalue weighted by Gasteiger charge is 2.32. The molecule has 0 saturated heterocycles. The van der Waals surface area contributed by atoms with E-state index < -0.39 is 15.4 Å². The Kier molecular flexibility index (Phi) is 5.35. The van der Waals surface area contributed by atoms with Crippen LogP contribution in [0.5, 0.6) is 0 Å². The summed E-state index contributed by atoms with van der Waals surface area (Å²) in [6.45, 7) is 6.32. The van der Waals surface area contributed by atoms with Crippen molar-refractivity contribution >= 4 is 27.3 Å². The van der Waals surface area contributed by atoms with Gasteiger partial charge in [-0.2, -0.15) is 0 Å². The van der Waals surface area contributed by atoms with Crippen molar-refractivity contribution in [3.05, 3.63) is 78.4 Å². The standard InChI is InChI=1S/C25H26N2O3S/c1-25(2,3)24(28)27-16-15-20-17-21(11-14-23(20)27)26-31(29,30)22-12-9-19(10-13-22)18-7-5-4-6-8-18/h4-14,17,26H,15-16H2,1-3H3. The van der Waals surface area contributed by atoms with E-state index in [1.165, 1.54) is 0 Å². The highest BCUT2D eigenvalue weighted by atomic mass is 32.2. The number of hydrogen-bond donors (Lipinski definition) is 1. The molecule has 5 nitrogen and oxygen atoms in total. The first-order valence-electron chi connectivity index (χ1n) is 10.3. The number of carbonyl (C=O) groups is 1. The summed E-state index contributed by atoms with van der Waals surface area (Å²) in [6, 6.07) is 22.0. The first-order chi connectivity index (χ1) is 14.6. The van der Waals surface area contributed by atoms with Crippen LogP contribution in [0.15, 0.2) is 77.7 Å². The van der Waals surface area contributed by atoms with Gasteiger partial charge >= 0.3 is 0 Å². The Morgan fingerprint density at radius 3 is 2.19 bits per heavy atom. The second kappa shape index (κ2) is 7.85. The Morgan fingerprint density at radius 2 is 1.55 bits per heavy atom. The van der Waals surface area contributed by atoms with Crippen LogP contribution in [0, 0.1) is 5.41 Å². The van der Waals surface area contributed by atoms with Crippen LogP contribution < -0.4 is 9.62 Å². The Hall–Kier alpha value is -3.12. The van der Waals surface area contributed by atoms with Gasteiger partial charge in [0.05, 0.1) is 4.90 Å². The molecule has 0 atom stereocenters. The second-order valence-corrected chi connectivity index (χ2v) is 10.5. The second-order valence-electron chi connectivity index (χ2n) is 8.80. The molecule has 0 fully saturated rings. The summed E-state index contributed by atoms with van der Waals surface area (Å²) in [4.78, 5) is 14.7. The van der Waals surface area contributed by atoms with Gasteiger partial charge in [0.15, 0.2) is 0 Å². The number of rotatable bonds is 4. The van der Waals surface area contributed by atoms with Crippen LogP contribution >= 0.6 is 0 Å². The van der Waals surface area contributed by atoms with Gasteiger partial charge in [-0.05, 0) is 53.4 Å². The highest BCUT2D eigenvalue weighted by Crippen LogP contribution is 2.34. The normalized spacial score (nSPS) is 13.7. The van der Waals surface area contributed by atoms with E-state index in [4.69, 9.17) is 0 Å². The van der Waals surface area contributed by atoms with E-state index in [1.807, 2.05) is 75.4 Å². The lowest BCUT2D eigenvalue weighted by atomic mass is 9.94. The number of sulfonamides is 1. The van der Waals surface area contributed by atoms with Crippen molar-refractivity contribution in [3.63, 3.8) is 0 Å². The van der Waals surface area contributed by atoms with Crippen molar-refractivity contribution in [3.8, 4) is 11.1 Å². The Bertz CT molecular complexity index is 1210. The number of fused-ring (bicyclic) bond motifs is 1. The third kappa shape index (κ3) is 4.35. The van der Waals surface area contributed by atoms with Crippen molar-refractivity contribution in [2.75, 3.05) is 16.2 Å². The Labute approximate surface area is 183 Å². The lowest BCUT2D eigenvalue weighted by Gasteiger charge is -2.26. The summed E-state index contributed by atoms with van der Waals surface area (Å²) in [5, 5.41) is 0. The maximum atomic E-state index is 12.9. The van der Waals surface area contributed by atoms with E-state index in [0.29, 0.717) is 18.7 Å². The topological polar surface area (TPSA) is 66.5 Å². The van der Waals surface area contributed by atoms with Gasteiger partial charge in [-0.1, -0.05) is 63.2 Å². The fourth-order valence-electron chi connectivity index (χ4n) is 3.75. The molecule has 1 heterocycles. The minimum absolute atomic E-state index is 0.0677. The minimum atomic E-state index is -3.71. The highest BCUT2D eigenvalue weighted by molar-refractivity contribution is 7.92. The predicted octanol–water partition coefficient (Wildman–Crippen LogP) is 5.09. The molecule has 0 radical (unpaired) electrons. The molecule has 0 saturated carbocycles. The fraction of sp³-hybridized carbons (Fsp3) is 0.240. The number of benzene rings is 3. The monoisotopic (exact) mass is 434 g/mol. The summed E-state index contributed by atoms with van der Waals surface area (Å²) in [5.74, 6) is 0.0677. The number of hydrogen-bond acceptors (Lipinski definition) is 3. The molecule has 0 spiro atoms. The molecule has 1 aliphatic rings. The van der Waals surface area contributed by atoms with E-state index in [1.54, 1.807) is 23.1 Å². The van der Waals surface area contributed by atoms with E-state index in [-0.39, 0.29) is 10.8 Å². The van der Waals surface area contributed by atoms with Crippen LogP contribution in [0.1, 0.15) is 26.3 Å². The third-order valence-corrected chi connectivity index (χ3v) is 6.78. The maximum Gasteiger partial charge on any atom is 0.261 e. The summed E-state index contributed by atoms with van der Waals surface area (Å²) in [5.41, 5.74) is 3.85. The van der Waals surface area contributed by atoms with Gasteiger partial charge in [0.2, 0.25) is 5.91 Å². The smallest absolute Gasteiger partial charge is 0.261 e. The van der Waals surface area contributed by atoms with Crippen molar-refractivity contribution in [2.45, 2.75) is 32.1 Å². The first kappa shape index (κ1) is 21.1. The molecule has 1 amide bonds. The Morgan fingerprint density at radius 1 is 0.903 bits per heavy atom. The molecular weight excluding hydrogens is 408 g/mol. The first-order valence-corrected chi connectivity index (χ1v) is 11.8. The van der Waals surface area contributed by atoms with Crippen molar-refractivity contribution in [2.24, 2.45) is 5.41 Å². The molecule has 0 aromatic heterocycles. The van der Waals surface area contributed by atoms with E-state index in [9.17, 15) is 13.2 Å². The molecule has 4 rings (SSSR count). The lowest BCUT2D eigenvalue weighted by molar-refractivity contribution is -0.125. The number of nitrogens with zero attached hydrogens (tertiary/aromatic N) is 1. The summed E-state index contributed by atoms with van der Waals surface area (Å²) < 4.78 is 28.4. The van der Waals surface area contributed by atoms with Gasteiger partial charge < -0.3 is 4.90 Å². The van der Waals surface area contributed by atoms with E-state index in [2.05, 4.69) is 4.72 Å². The van der Waals surface area contributed by atoms with Crippen LogP contribution in [-0.2, 0) is 21.2 Å². The quantitative estimate of drug-likeness (QED) is 0.622. The van der Waals surface area contributed by atoms with Crippen LogP contribution in [0.4, 0.5) is 11.4 Å². The molecule has 0 unspecified atom stereocenters. The average molecular weight is 435 g/mol. The summed E-state index contributed by atoms with van der Waals surface area (Å²) in [6.07, 6.45) is 0.707. The molecule has 0 bridgehead atoms. The zero-order chi connectivity index (χ0) is 22.2. The van der Waals surface area contributed by atoms with Crippen LogP contribution in [0.25, 0.3) is 11.1 Å². The van der Waals surface area contributed by atoms with Crippen LogP contribution in [0.2, 0.25) is 0 Å². The number of nitrogens with one attached hydrogen (secondary N) is 1. The number of carbonyl (C=O) groups excluding carboxylic acids is 1. The van der Waals surface area contributed by atoms with E-state index in [0.717, 1.165) is 22.4 Å². The Balaban J connectivity index is 1.54. The van der Waals surface area contributed by atoms with Gasteiger partial charge in [0.25, 0.3) is 10.0 Å². The molecule has 6 heteroatoms. The van der Waals surface area contributed by atoms with E-state index >= 15 is 0 Å². The molecule has 0 aliphatic carbocycles. The maximum absolute atomic E-state index is 12.9. The molecule has 160 valence electrons. The zero-order valence-corrected chi connectivity index (χ0v) is 18.7. The van der Waals surface area contributed by atoms with Crippen LogP contribution in [0.3, 0.4) is 0 Å². The van der Waals surface area contributed by atoms with Crippen molar-refractivity contribution in [1.82, 2.24) is 0 Å². The lowest BCUT2D eigenvalue weighted by Crippen LogP contribution is -2.38. The number of amides is 1. The van der Waals surface area contributed by atoms with Gasteiger partial charge in [-0.25, -0.2) is 8.42 Å². The average Bonchev–Trinajstić information content (AvgIpc) is 3.16. The third-order valence-electron chi connectivity index (χ3n) is 5.39. The van der Waals surface area contributed by atoms with Gasteiger partial charge in [-0.3, -0.25) is 9.52 Å². The molecule has 1 aliphatic heterocycles. The molecule has 3 aromatic rings.